The molecule has 1 heterocycles. The Morgan fingerprint density at radius 3 is 2.50 bits per heavy atom. The molecule has 0 aromatic rings. The molecule has 0 fully saturated rings. The van der Waals surface area contributed by atoms with E-state index in [-0.39, 0.29) is 5.25 Å². The molecule has 57 valence electrons. The zero-order valence-corrected chi connectivity index (χ0v) is 6.98. The Balaban J connectivity index is 3.02. The lowest BCUT2D eigenvalue weighted by atomic mass is 10.3. The molecule has 0 spiro atoms. The number of hydrogen-bond donors (Lipinski definition) is 0. The first-order chi connectivity index (χ1) is 4.55. The topological polar surface area (TPSA) is 34.1 Å². The van der Waals surface area contributed by atoms with Crippen LogP contribution in [0.4, 0.5) is 0 Å². The van der Waals surface area contributed by atoms with Crippen LogP contribution in [-0.4, -0.2) is 18.9 Å². The SMILES string of the molecule is CC1[C]=CCC(C)S1(=O)=O. The maximum atomic E-state index is 11.2. The van der Waals surface area contributed by atoms with Crippen LogP contribution in [0.5, 0.6) is 0 Å². The minimum Gasteiger partial charge on any atom is -0.228 e. The van der Waals surface area contributed by atoms with Gasteiger partial charge < -0.3 is 0 Å². The number of hydrogen-bond acceptors (Lipinski definition) is 2. The molecule has 10 heavy (non-hydrogen) atoms. The molecule has 1 rings (SSSR count). The molecule has 2 unspecified atom stereocenters. The second-order valence-corrected chi connectivity index (χ2v) is 5.34. The molecule has 2 atom stereocenters. The molecule has 0 aromatic carbocycles. The molecule has 0 aromatic heterocycles. The summed E-state index contributed by atoms with van der Waals surface area (Å²) in [5, 5.41) is -0.625. The third kappa shape index (κ3) is 1.10. The van der Waals surface area contributed by atoms with Crippen molar-refractivity contribution in [2.24, 2.45) is 0 Å². The van der Waals surface area contributed by atoms with E-state index in [4.69, 9.17) is 0 Å². The minimum atomic E-state index is -2.88. The molecule has 2 nitrogen and oxygen atoms in total. The van der Waals surface area contributed by atoms with Crippen molar-refractivity contribution in [3.63, 3.8) is 0 Å². The molecule has 1 aliphatic heterocycles. The van der Waals surface area contributed by atoms with Crippen molar-refractivity contribution < 1.29 is 8.42 Å². The Bertz CT molecular complexity index is 238. The van der Waals surface area contributed by atoms with Crippen LogP contribution in [-0.2, 0) is 9.84 Å². The molecule has 0 amide bonds. The summed E-state index contributed by atoms with van der Waals surface area (Å²) in [5.41, 5.74) is 0. The normalized spacial score (nSPS) is 37.8. The lowest BCUT2D eigenvalue weighted by Crippen LogP contribution is -2.29. The van der Waals surface area contributed by atoms with Crippen molar-refractivity contribution in [1.82, 2.24) is 0 Å². The Morgan fingerprint density at radius 2 is 2.10 bits per heavy atom. The molecular weight excluding hydrogens is 148 g/mol. The predicted molar refractivity (Wildman–Crippen MR) is 40.3 cm³/mol. The lowest BCUT2D eigenvalue weighted by molar-refractivity contribution is 0.574. The van der Waals surface area contributed by atoms with E-state index in [1.54, 1.807) is 13.8 Å². The Hall–Kier alpha value is -0.310. The van der Waals surface area contributed by atoms with Gasteiger partial charge in [0, 0.05) is 0 Å². The summed E-state index contributed by atoms with van der Waals surface area (Å²) in [6.07, 6.45) is 5.22. The van der Waals surface area contributed by atoms with Gasteiger partial charge in [0.25, 0.3) is 0 Å². The molecule has 0 aliphatic carbocycles. The van der Waals surface area contributed by atoms with E-state index < -0.39 is 15.1 Å². The average Bonchev–Trinajstić information content (AvgIpc) is 1.84. The zero-order valence-electron chi connectivity index (χ0n) is 6.16. The van der Waals surface area contributed by atoms with E-state index in [0.29, 0.717) is 6.42 Å². The van der Waals surface area contributed by atoms with Gasteiger partial charge in [-0.3, -0.25) is 0 Å². The summed E-state index contributed by atoms with van der Waals surface area (Å²) in [4.78, 5) is 0. The lowest BCUT2D eigenvalue weighted by Gasteiger charge is -2.18. The minimum absolute atomic E-state index is 0.219. The second-order valence-electron chi connectivity index (χ2n) is 2.65. The molecule has 1 aliphatic rings. The highest BCUT2D eigenvalue weighted by Gasteiger charge is 2.28. The molecule has 0 N–H and O–H groups in total. The van der Waals surface area contributed by atoms with Gasteiger partial charge in [-0.25, -0.2) is 8.42 Å². The monoisotopic (exact) mass is 159 g/mol. The van der Waals surface area contributed by atoms with Gasteiger partial charge in [-0.1, -0.05) is 6.08 Å². The highest BCUT2D eigenvalue weighted by molar-refractivity contribution is 7.92. The summed E-state index contributed by atoms with van der Waals surface area (Å²) in [5.74, 6) is 0. The van der Waals surface area contributed by atoms with Gasteiger partial charge in [0.2, 0.25) is 0 Å². The van der Waals surface area contributed by atoms with Gasteiger partial charge in [0.15, 0.2) is 9.84 Å². The van der Waals surface area contributed by atoms with Gasteiger partial charge in [-0.2, -0.15) is 0 Å². The Morgan fingerprint density at radius 1 is 1.50 bits per heavy atom. The summed E-state index contributed by atoms with van der Waals surface area (Å²) in [6.45, 7) is 3.41. The van der Waals surface area contributed by atoms with Crippen LogP contribution in [0.25, 0.3) is 0 Å². The summed E-state index contributed by atoms with van der Waals surface area (Å²) >= 11 is 0. The number of sulfone groups is 1. The van der Waals surface area contributed by atoms with Crippen LogP contribution in [0.1, 0.15) is 20.3 Å². The van der Waals surface area contributed by atoms with Crippen molar-refractivity contribution in [2.75, 3.05) is 0 Å². The van der Waals surface area contributed by atoms with Gasteiger partial charge in [0.05, 0.1) is 10.5 Å². The van der Waals surface area contributed by atoms with Crippen LogP contribution < -0.4 is 0 Å². The summed E-state index contributed by atoms with van der Waals surface area (Å²) < 4.78 is 22.5. The molecule has 1 radical (unpaired) electrons. The van der Waals surface area contributed by atoms with Crippen molar-refractivity contribution in [3.05, 3.63) is 12.2 Å². The number of allylic oxidation sites excluding steroid dienone is 1. The van der Waals surface area contributed by atoms with Gasteiger partial charge in [0.1, 0.15) is 0 Å². The van der Waals surface area contributed by atoms with Crippen molar-refractivity contribution in [2.45, 2.75) is 30.8 Å². The van der Waals surface area contributed by atoms with Crippen LogP contribution in [0.2, 0.25) is 0 Å². The van der Waals surface area contributed by atoms with Crippen molar-refractivity contribution >= 4 is 9.84 Å². The first kappa shape index (κ1) is 7.79. The largest absolute Gasteiger partial charge is 0.228 e. The molecule has 0 saturated carbocycles. The first-order valence-electron chi connectivity index (χ1n) is 3.35. The standard InChI is InChI=1S/C7H11O2S/c1-6-4-3-5-7(2)10(6,8)9/h3,6-7H,4H2,1-2H3. The quantitative estimate of drug-likeness (QED) is 0.527. The first-order valence-corrected chi connectivity index (χ1v) is 4.96. The van der Waals surface area contributed by atoms with Gasteiger partial charge in [-0.05, 0) is 26.3 Å². The third-order valence-corrected chi connectivity index (χ3v) is 4.29. The smallest absolute Gasteiger partial charge is 0.159 e. The van der Waals surface area contributed by atoms with Gasteiger partial charge >= 0.3 is 0 Å². The molecule has 0 bridgehead atoms. The maximum absolute atomic E-state index is 11.2. The fourth-order valence-electron chi connectivity index (χ4n) is 0.977. The molecule has 3 heteroatoms. The van der Waals surface area contributed by atoms with Crippen LogP contribution in [0.15, 0.2) is 6.08 Å². The summed E-state index contributed by atoms with van der Waals surface area (Å²) in [6, 6.07) is 0. The fourth-order valence-corrected chi connectivity index (χ4v) is 2.32. The number of rotatable bonds is 0. The third-order valence-electron chi connectivity index (χ3n) is 1.86. The van der Waals surface area contributed by atoms with Crippen LogP contribution in [0, 0.1) is 6.08 Å². The second kappa shape index (κ2) is 2.38. The van der Waals surface area contributed by atoms with Crippen molar-refractivity contribution in [3.8, 4) is 0 Å². The fraction of sp³-hybridized carbons (Fsp3) is 0.714. The van der Waals surface area contributed by atoms with E-state index in [2.05, 4.69) is 6.08 Å². The Labute approximate surface area is 61.9 Å². The van der Waals surface area contributed by atoms with Gasteiger partial charge in [-0.15, -0.1) is 0 Å². The van der Waals surface area contributed by atoms with Crippen molar-refractivity contribution in [1.29, 1.82) is 0 Å². The van der Waals surface area contributed by atoms with E-state index in [1.807, 2.05) is 6.08 Å². The average molecular weight is 159 g/mol. The maximum Gasteiger partial charge on any atom is 0.159 e. The highest BCUT2D eigenvalue weighted by atomic mass is 32.2. The van der Waals surface area contributed by atoms with E-state index >= 15 is 0 Å². The zero-order chi connectivity index (χ0) is 7.78. The van der Waals surface area contributed by atoms with Crippen LogP contribution in [0.3, 0.4) is 0 Å². The van der Waals surface area contributed by atoms with E-state index in [1.165, 1.54) is 0 Å². The molecular formula is C7H11O2S. The Kier molecular flexibility index (Phi) is 1.86. The van der Waals surface area contributed by atoms with Crippen LogP contribution >= 0.6 is 0 Å². The summed E-state index contributed by atoms with van der Waals surface area (Å²) in [7, 11) is -2.88. The van der Waals surface area contributed by atoms with E-state index in [9.17, 15) is 8.42 Å². The highest BCUT2D eigenvalue weighted by Crippen LogP contribution is 2.18. The molecule has 0 saturated heterocycles. The van der Waals surface area contributed by atoms with E-state index in [0.717, 1.165) is 0 Å². The predicted octanol–water partition coefficient (Wildman–Crippen LogP) is 0.941.